The van der Waals surface area contributed by atoms with Crippen LogP contribution in [0.25, 0.3) is 11.4 Å². The summed E-state index contributed by atoms with van der Waals surface area (Å²) in [5, 5.41) is 0. The molecule has 0 saturated carbocycles. The van der Waals surface area contributed by atoms with Gasteiger partial charge in [-0.15, -0.1) is 0 Å². The van der Waals surface area contributed by atoms with E-state index in [0.717, 1.165) is 11.3 Å². The third-order valence-electron chi connectivity index (χ3n) is 2.40. The molecule has 18 heavy (non-hydrogen) atoms. The Morgan fingerprint density at radius 2 is 1.83 bits per heavy atom. The first-order chi connectivity index (χ1) is 8.72. The van der Waals surface area contributed by atoms with Gasteiger partial charge in [-0.05, 0) is 38.1 Å². The highest BCUT2D eigenvalue weighted by atomic mass is 16.5. The molecule has 0 aliphatic rings. The molecule has 2 N–H and O–H groups in total. The van der Waals surface area contributed by atoms with Crippen LogP contribution in [0.2, 0.25) is 0 Å². The van der Waals surface area contributed by atoms with E-state index in [1.165, 1.54) is 0 Å². The maximum Gasteiger partial charge on any atom is 0.163 e. The average Bonchev–Trinajstić information content (AvgIpc) is 2.39. The summed E-state index contributed by atoms with van der Waals surface area (Å²) in [6.45, 7) is 4.75. The molecule has 0 spiro atoms. The van der Waals surface area contributed by atoms with Gasteiger partial charge in [-0.25, -0.2) is 15.0 Å². The Bertz CT molecular complexity index is 525. The SMILES string of the molecule is CCOc1ccc(-c2nc(C)nc(CN)n2)cc1. The van der Waals surface area contributed by atoms with Crippen molar-refractivity contribution in [2.24, 2.45) is 5.73 Å². The average molecular weight is 244 g/mol. The van der Waals surface area contributed by atoms with Crippen molar-refractivity contribution in [3.63, 3.8) is 0 Å². The highest BCUT2D eigenvalue weighted by molar-refractivity contribution is 5.56. The molecule has 0 aliphatic carbocycles. The Hall–Kier alpha value is -2.01. The summed E-state index contributed by atoms with van der Waals surface area (Å²) in [5.74, 6) is 2.76. The molecular weight excluding hydrogens is 228 g/mol. The maximum atomic E-state index is 5.56. The molecule has 0 fully saturated rings. The van der Waals surface area contributed by atoms with E-state index in [2.05, 4.69) is 15.0 Å². The summed E-state index contributed by atoms with van der Waals surface area (Å²) in [6.07, 6.45) is 0. The standard InChI is InChI=1S/C13H16N4O/c1-3-18-11-6-4-10(5-7-11)13-16-9(2)15-12(8-14)17-13/h4-7H,3,8,14H2,1-2H3. The van der Waals surface area contributed by atoms with Crippen molar-refractivity contribution in [3.8, 4) is 17.1 Å². The first-order valence-corrected chi connectivity index (χ1v) is 5.87. The highest BCUT2D eigenvalue weighted by Crippen LogP contribution is 2.19. The summed E-state index contributed by atoms with van der Waals surface area (Å²) in [5.41, 5.74) is 6.49. The predicted octanol–water partition coefficient (Wildman–Crippen LogP) is 1.70. The summed E-state index contributed by atoms with van der Waals surface area (Å²) < 4.78 is 5.39. The van der Waals surface area contributed by atoms with Crippen LogP contribution in [0.15, 0.2) is 24.3 Å². The summed E-state index contributed by atoms with van der Waals surface area (Å²) >= 11 is 0. The molecule has 0 unspecified atom stereocenters. The molecule has 2 aromatic rings. The van der Waals surface area contributed by atoms with Gasteiger partial charge in [0.05, 0.1) is 13.2 Å². The van der Waals surface area contributed by atoms with Crippen LogP contribution in [-0.4, -0.2) is 21.6 Å². The lowest BCUT2D eigenvalue weighted by Crippen LogP contribution is -2.07. The Morgan fingerprint density at radius 1 is 1.11 bits per heavy atom. The van der Waals surface area contributed by atoms with Crippen molar-refractivity contribution in [3.05, 3.63) is 35.9 Å². The maximum absolute atomic E-state index is 5.56. The highest BCUT2D eigenvalue weighted by Gasteiger charge is 2.05. The molecule has 1 aromatic heterocycles. The lowest BCUT2D eigenvalue weighted by atomic mass is 10.2. The Balaban J connectivity index is 2.33. The molecule has 0 saturated heterocycles. The number of hydrogen-bond donors (Lipinski definition) is 1. The summed E-state index contributed by atoms with van der Waals surface area (Å²) in [7, 11) is 0. The molecule has 0 bridgehead atoms. The van der Waals surface area contributed by atoms with E-state index in [1.54, 1.807) is 0 Å². The monoisotopic (exact) mass is 244 g/mol. The van der Waals surface area contributed by atoms with Gasteiger partial charge in [0.25, 0.3) is 0 Å². The zero-order valence-electron chi connectivity index (χ0n) is 10.6. The Kier molecular flexibility index (Phi) is 3.84. The third kappa shape index (κ3) is 2.81. The molecule has 2 rings (SSSR count). The van der Waals surface area contributed by atoms with E-state index in [1.807, 2.05) is 38.1 Å². The minimum atomic E-state index is 0.313. The van der Waals surface area contributed by atoms with Crippen molar-refractivity contribution >= 4 is 0 Å². The zero-order valence-corrected chi connectivity index (χ0v) is 10.6. The third-order valence-corrected chi connectivity index (χ3v) is 2.40. The Morgan fingerprint density at radius 3 is 2.44 bits per heavy atom. The fourth-order valence-electron chi connectivity index (χ4n) is 1.62. The minimum absolute atomic E-state index is 0.313. The molecule has 0 amide bonds. The van der Waals surface area contributed by atoms with E-state index in [4.69, 9.17) is 10.5 Å². The van der Waals surface area contributed by atoms with Gasteiger partial charge in [0.2, 0.25) is 0 Å². The molecule has 0 radical (unpaired) electrons. The molecule has 5 heteroatoms. The first-order valence-electron chi connectivity index (χ1n) is 5.87. The molecule has 5 nitrogen and oxygen atoms in total. The van der Waals surface area contributed by atoms with E-state index in [-0.39, 0.29) is 0 Å². The minimum Gasteiger partial charge on any atom is -0.494 e. The second-order valence-corrected chi connectivity index (χ2v) is 3.78. The van der Waals surface area contributed by atoms with Gasteiger partial charge < -0.3 is 10.5 Å². The van der Waals surface area contributed by atoms with Crippen LogP contribution in [0.5, 0.6) is 5.75 Å². The van der Waals surface area contributed by atoms with Gasteiger partial charge in [0.1, 0.15) is 17.4 Å². The molecule has 94 valence electrons. The number of hydrogen-bond acceptors (Lipinski definition) is 5. The fourth-order valence-corrected chi connectivity index (χ4v) is 1.62. The lowest BCUT2D eigenvalue weighted by molar-refractivity contribution is 0.340. The number of aromatic nitrogens is 3. The molecule has 1 heterocycles. The molecule has 1 aromatic carbocycles. The van der Waals surface area contributed by atoms with Crippen molar-refractivity contribution < 1.29 is 4.74 Å². The second-order valence-electron chi connectivity index (χ2n) is 3.78. The van der Waals surface area contributed by atoms with Gasteiger partial charge in [-0.2, -0.15) is 0 Å². The largest absolute Gasteiger partial charge is 0.494 e. The van der Waals surface area contributed by atoms with Crippen molar-refractivity contribution in [1.29, 1.82) is 0 Å². The van der Waals surface area contributed by atoms with Crippen molar-refractivity contribution in [2.45, 2.75) is 20.4 Å². The van der Waals surface area contributed by atoms with Crippen LogP contribution >= 0.6 is 0 Å². The van der Waals surface area contributed by atoms with Gasteiger partial charge in [0, 0.05) is 5.56 Å². The van der Waals surface area contributed by atoms with Crippen LogP contribution in [0.4, 0.5) is 0 Å². The zero-order chi connectivity index (χ0) is 13.0. The summed E-state index contributed by atoms with van der Waals surface area (Å²) in [6, 6.07) is 7.67. The molecular formula is C13H16N4O. The second kappa shape index (κ2) is 5.55. The van der Waals surface area contributed by atoms with Crippen LogP contribution in [0.1, 0.15) is 18.6 Å². The topological polar surface area (TPSA) is 73.9 Å². The van der Waals surface area contributed by atoms with Crippen molar-refractivity contribution in [1.82, 2.24) is 15.0 Å². The van der Waals surface area contributed by atoms with E-state index >= 15 is 0 Å². The Labute approximate surface area is 106 Å². The number of nitrogens with two attached hydrogens (primary N) is 1. The lowest BCUT2D eigenvalue weighted by Gasteiger charge is -2.06. The number of ether oxygens (including phenoxy) is 1. The predicted molar refractivity (Wildman–Crippen MR) is 69.1 cm³/mol. The van der Waals surface area contributed by atoms with Gasteiger partial charge in [-0.3, -0.25) is 0 Å². The number of benzene rings is 1. The van der Waals surface area contributed by atoms with Gasteiger partial charge >= 0.3 is 0 Å². The van der Waals surface area contributed by atoms with Crippen LogP contribution in [0.3, 0.4) is 0 Å². The first kappa shape index (κ1) is 12.4. The fraction of sp³-hybridized carbons (Fsp3) is 0.308. The van der Waals surface area contributed by atoms with Crippen LogP contribution in [0, 0.1) is 6.92 Å². The van der Waals surface area contributed by atoms with E-state index in [0.29, 0.717) is 30.6 Å². The van der Waals surface area contributed by atoms with Crippen molar-refractivity contribution in [2.75, 3.05) is 6.61 Å². The number of aryl methyl sites for hydroxylation is 1. The number of nitrogens with zero attached hydrogens (tertiary/aromatic N) is 3. The molecule has 0 atom stereocenters. The van der Waals surface area contributed by atoms with Gasteiger partial charge in [0.15, 0.2) is 5.82 Å². The van der Waals surface area contributed by atoms with Crippen LogP contribution < -0.4 is 10.5 Å². The quantitative estimate of drug-likeness (QED) is 0.886. The van der Waals surface area contributed by atoms with E-state index in [9.17, 15) is 0 Å². The number of rotatable bonds is 4. The van der Waals surface area contributed by atoms with Crippen LogP contribution in [-0.2, 0) is 6.54 Å². The molecule has 0 aliphatic heterocycles. The van der Waals surface area contributed by atoms with E-state index < -0.39 is 0 Å². The normalized spacial score (nSPS) is 10.4. The smallest absolute Gasteiger partial charge is 0.163 e. The van der Waals surface area contributed by atoms with Gasteiger partial charge in [-0.1, -0.05) is 0 Å². The summed E-state index contributed by atoms with van der Waals surface area (Å²) in [4.78, 5) is 12.8.